The molecule has 84 valence electrons. The van der Waals surface area contributed by atoms with Gasteiger partial charge >= 0.3 is 0 Å². The second-order valence-electron chi connectivity index (χ2n) is 2.99. The maximum absolute atomic E-state index is 12.3. The third kappa shape index (κ3) is 3.70. The van der Waals surface area contributed by atoms with Crippen LogP contribution in [0.3, 0.4) is 0 Å². The van der Waals surface area contributed by atoms with Gasteiger partial charge in [-0.1, -0.05) is 15.9 Å². The Labute approximate surface area is 95.7 Å². The summed E-state index contributed by atoms with van der Waals surface area (Å²) in [5.41, 5.74) is 0.666. The van der Waals surface area contributed by atoms with Gasteiger partial charge < -0.3 is 4.90 Å². The first-order valence-electron chi connectivity index (χ1n) is 4.51. The first kappa shape index (κ1) is 12.3. The van der Waals surface area contributed by atoms with E-state index in [-0.39, 0.29) is 6.54 Å². The summed E-state index contributed by atoms with van der Waals surface area (Å²) in [6.45, 7) is 1.93. The fourth-order valence-electron chi connectivity index (χ4n) is 1.26. The zero-order chi connectivity index (χ0) is 11.3. The summed E-state index contributed by atoms with van der Waals surface area (Å²) in [4.78, 5) is 9.61. The Morgan fingerprint density at radius 1 is 1.40 bits per heavy atom. The van der Waals surface area contributed by atoms with Gasteiger partial charge in [0.2, 0.25) is 0 Å². The summed E-state index contributed by atoms with van der Waals surface area (Å²) < 4.78 is 24.6. The largest absolute Gasteiger partial charge is 0.349 e. The number of aromatic nitrogens is 2. The van der Waals surface area contributed by atoms with E-state index in [1.54, 1.807) is 13.1 Å². The minimum Gasteiger partial charge on any atom is -0.349 e. The van der Waals surface area contributed by atoms with Gasteiger partial charge in [-0.05, 0) is 6.92 Å². The normalized spacial score (nSPS) is 10.7. The Kier molecular flexibility index (Phi) is 4.87. The number of hydrogen-bond donors (Lipinski definition) is 0. The van der Waals surface area contributed by atoms with Crippen LogP contribution in [0.4, 0.5) is 14.6 Å². The van der Waals surface area contributed by atoms with Crippen LogP contribution in [0.25, 0.3) is 0 Å². The topological polar surface area (TPSA) is 29.0 Å². The average Bonchev–Trinajstić information content (AvgIpc) is 2.17. The van der Waals surface area contributed by atoms with Gasteiger partial charge in [-0.15, -0.1) is 0 Å². The van der Waals surface area contributed by atoms with Crippen molar-refractivity contribution in [2.45, 2.75) is 13.3 Å². The molecule has 1 heterocycles. The SMILES string of the molecule is Cc1nccnc1N(CCBr)CC(F)F. The number of rotatable bonds is 5. The molecule has 0 aliphatic rings. The van der Waals surface area contributed by atoms with Crippen molar-refractivity contribution in [2.75, 3.05) is 23.3 Å². The lowest BCUT2D eigenvalue weighted by Crippen LogP contribution is -2.32. The van der Waals surface area contributed by atoms with Gasteiger partial charge in [0.25, 0.3) is 6.43 Å². The molecule has 6 heteroatoms. The molecule has 0 radical (unpaired) electrons. The van der Waals surface area contributed by atoms with Crippen molar-refractivity contribution < 1.29 is 8.78 Å². The maximum atomic E-state index is 12.3. The first-order chi connectivity index (χ1) is 7.15. The highest BCUT2D eigenvalue weighted by molar-refractivity contribution is 9.09. The third-order valence-electron chi connectivity index (χ3n) is 1.87. The second kappa shape index (κ2) is 5.95. The van der Waals surface area contributed by atoms with Crippen molar-refractivity contribution in [3.63, 3.8) is 0 Å². The molecule has 0 fully saturated rings. The molecule has 1 aromatic rings. The number of anilines is 1. The first-order valence-corrected chi connectivity index (χ1v) is 5.64. The Balaban J connectivity index is 2.83. The Bertz CT molecular complexity index is 309. The van der Waals surface area contributed by atoms with E-state index in [4.69, 9.17) is 0 Å². The number of aryl methyl sites for hydroxylation is 1. The van der Waals surface area contributed by atoms with Crippen LogP contribution in [-0.2, 0) is 0 Å². The van der Waals surface area contributed by atoms with Crippen LogP contribution in [0.1, 0.15) is 5.69 Å². The van der Waals surface area contributed by atoms with E-state index >= 15 is 0 Å². The zero-order valence-corrected chi connectivity index (χ0v) is 9.91. The Morgan fingerprint density at radius 3 is 2.60 bits per heavy atom. The minimum absolute atomic E-state index is 0.314. The number of alkyl halides is 3. The fraction of sp³-hybridized carbons (Fsp3) is 0.556. The molecular formula is C9H12BrF2N3. The lowest BCUT2D eigenvalue weighted by atomic mass is 10.4. The van der Waals surface area contributed by atoms with Gasteiger partial charge in [0.15, 0.2) is 0 Å². The number of hydrogen-bond acceptors (Lipinski definition) is 3. The minimum atomic E-state index is -2.37. The monoisotopic (exact) mass is 279 g/mol. The summed E-state index contributed by atoms with van der Waals surface area (Å²) in [6, 6.07) is 0. The quantitative estimate of drug-likeness (QED) is 0.775. The molecule has 0 saturated carbocycles. The highest BCUT2D eigenvalue weighted by Crippen LogP contribution is 2.15. The van der Waals surface area contributed by atoms with Crippen molar-refractivity contribution in [3.05, 3.63) is 18.1 Å². The third-order valence-corrected chi connectivity index (χ3v) is 2.22. The van der Waals surface area contributed by atoms with Crippen LogP contribution in [0, 0.1) is 6.92 Å². The van der Waals surface area contributed by atoms with Crippen LogP contribution in [-0.4, -0.2) is 34.8 Å². The van der Waals surface area contributed by atoms with Crippen LogP contribution < -0.4 is 4.90 Å². The molecule has 0 aromatic carbocycles. The molecule has 0 saturated heterocycles. The molecule has 0 bridgehead atoms. The second-order valence-corrected chi connectivity index (χ2v) is 3.78. The van der Waals surface area contributed by atoms with E-state index < -0.39 is 6.43 Å². The molecule has 0 N–H and O–H groups in total. The zero-order valence-electron chi connectivity index (χ0n) is 8.33. The van der Waals surface area contributed by atoms with Gasteiger partial charge in [-0.3, -0.25) is 4.98 Å². The predicted molar refractivity (Wildman–Crippen MR) is 58.8 cm³/mol. The van der Waals surface area contributed by atoms with E-state index in [1.165, 1.54) is 11.1 Å². The molecule has 0 aliphatic heterocycles. The van der Waals surface area contributed by atoms with Gasteiger partial charge in [0.05, 0.1) is 12.2 Å². The highest BCUT2D eigenvalue weighted by Gasteiger charge is 2.15. The van der Waals surface area contributed by atoms with Gasteiger partial charge in [0, 0.05) is 24.3 Å². The number of halogens is 3. The van der Waals surface area contributed by atoms with Crippen LogP contribution >= 0.6 is 15.9 Å². The molecule has 1 aromatic heterocycles. The molecule has 0 amide bonds. The fourth-order valence-corrected chi connectivity index (χ4v) is 1.69. The Morgan fingerprint density at radius 2 is 2.07 bits per heavy atom. The van der Waals surface area contributed by atoms with Crippen molar-refractivity contribution in [1.29, 1.82) is 0 Å². The molecule has 0 aliphatic carbocycles. The smallest absolute Gasteiger partial charge is 0.255 e. The Hall–Kier alpha value is -0.780. The van der Waals surface area contributed by atoms with Crippen molar-refractivity contribution in [1.82, 2.24) is 9.97 Å². The van der Waals surface area contributed by atoms with Crippen LogP contribution in [0.5, 0.6) is 0 Å². The summed E-state index contributed by atoms with van der Waals surface area (Å²) >= 11 is 3.23. The van der Waals surface area contributed by atoms with Crippen molar-refractivity contribution >= 4 is 21.7 Å². The predicted octanol–water partition coefficient (Wildman–Crippen LogP) is 2.25. The molecule has 0 unspecified atom stereocenters. The molecule has 3 nitrogen and oxygen atoms in total. The van der Waals surface area contributed by atoms with Gasteiger partial charge in [0.1, 0.15) is 5.82 Å². The standard InChI is InChI=1S/C9H12BrF2N3/c1-7-9(14-4-3-13-7)15(5-2-10)6-8(11)12/h3-4,8H,2,5-6H2,1H3. The summed E-state index contributed by atoms with van der Waals surface area (Å²) in [7, 11) is 0. The van der Waals surface area contributed by atoms with Gasteiger partial charge in [-0.25, -0.2) is 13.8 Å². The van der Waals surface area contributed by atoms with Crippen molar-refractivity contribution in [3.8, 4) is 0 Å². The summed E-state index contributed by atoms with van der Waals surface area (Å²) in [6.07, 6.45) is 0.688. The van der Waals surface area contributed by atoms with E-state index in [0.29, 0.717) is 23.4 Å². The van der Waals surface area contributed by atoms with E-state index in [2.05, 4.69) is 25.9 Å². The van der Waals surface area contributed by atoms with Crippen LogP contribution in [0.2, 0.25) is 0 Å². The van der Waals surface area contributed by atoms with E-state index in [1.807, 2.05) is 0 Å². The molecule has 15 heavy (non-hydrogen) atoms. The lowest BCUT2D eigenvalue weighted by Gasteiger charge is -2.23. The lowest BCUT2D eigenvalue weighted by molar-refractivity contribution is 0.155. The van der Waals surface area contributed by atoms with Crippen LogP contribution in [0.15, 0.2) is 12.4 Å². The number of nitrogens with zero attached hydrogens (tertiary/aromatic N) is 3. The maximum Gasteiger partial charge on any atom is 0.255 e. The summed E-state index contributed by atoms with van der Waals surface area (Å²) in [5.74, 6) is 0.525. The van der Waals surface area contributed by atoms with Crippen molar-refractivity contribution in [2.24, 2.45) is 0 Å². The highest BCUT2D eigenvalue weighted by atomic mass is 79.9. The summed E-state index contributed by atoms with van der Waals surface area (Å²) in [5, 5.41) is 0.621. The van der Waals surface area contributed by atoms with E-state index in [9.17, 15) is 8.78 Å². The molecular weight excluding hydrogens is 268 g/mol. The molecule has 0 spiro atoms. The molecule has 1 rings (SSSR count). The average molecular weight is 280 g/mol. The molecule has 0 atom stereocenters. The van der Waals surface area contributed by atoms with E-state index in [0.717, 1.165) is 0 Å². The van der Waals surface area contributed by atoms with Gasteiger partial charge in [-0.2, -0.15) is 0 Å².